The van der Waals surface area contributed by atoms with E-state index in [1.165, 1.54) is 4.90 Å². The number of rotatable bonds is 15. The number of ether oxygens (including phenoxy) is 1. The lowest BCUT2D eigenvalue weighted by molar-refractivity contribution is -0.140. The molecule has 0 heterocycles. The van der Waals surface area contributed by atoms with Crippen molar-refractivity contribution in [1.82, 2.24) is 10.2 Å². The molecule has 41 heavy (non-hydrogen) atoms. The lowest BCUT2D eigenvalue weighted by atomic mass is 10.0. The van der Waals surface area contributed by atoms with E-state index in [1.54, 1.807) is 24.3 Å². The molecule has 0 aliphatic rings. The molecule has 3 aromatic rings. The summed E-state index contributed by atoms with van der Waals surface area (Å²) in [6.45, 7) is 6.29. The molecular weight excluding hydrogens is 538 g/mol. The predicted octanol–water partition coefficient (Wildman–Crippen LogP) is 4.72. The van der Waals surface area contributed by atoms with Crippen molar-refractivity contribution in [2.75, 3.05) is 30.3 Å². The number of benzene rings is 3. The van der Waals surface area contributed by atoms with Gasteiger partial charge in [0.2, 0.25) is 21.8 Å². The lowest BCUT2D eigenvalue weighted by Gasteiger charge is -2.34. The van der Waals surface area contributed by atoms with Gasteiger partial charge in [-0.3, -0.25) is 13.9 Å². The zero-order valence-electron chi connectivity index (χ0n) is 24.4. The molecule has 3 aromatic carbocycles. The molecule has 1 unspecified atom stereocenters. The summed E-state index contributed by atoms with van der Waals surface area (Å²) in [4.78, 5) is 29.4. The van der Waals surface area contributed by atoms with Gasteiger partial charge < -0.3 is 15.0 Å². The maximum Gasteiger partial charge on any atom is 0.244 e. The van der Waals surface area contributed by atoms with Crippen LogP contribution in [0.5, 0.6) is 5.75 Å². The number of carbonyl (C=O) groups is 2. The Kier molecular flexibility index (Phi) is 11.8. The number of para-hydroxylation sites is 2. The number of nitrogens with one attached hydrogen (secondary N) is 1. The number of nitrogens with zero attached hydrogens (tertiary/aromatic N) is 2. The molecule has 1 atom stereocenters. The third kappa shape index (κ3) is 9.35. The summed E-state index contributed by atoms with van der Waals surface area (Å²) >= 11 is 0. The second-order valence-electron chi connectivity index (χ2n) is 10.0. The van der Waals surface area contributed by atoms with Gasteiger partial charge in [0.15, 0.2) is 0 Å². The Morgan fingerprint density at radius 2 is 1.61 bits per heavy atom. The number of amides is 2. The van der Waals surface area contributed by atoms with Gasteiger partial charge in [0.25, 0.3) is 0 Å². The van der Waals surface area contributed by atoms with E-state index < -0.39 is 28.5 Å². The zero-order chi connectivity index (χ0) is 29.8. The molecule has 0 spiro atoms. The smallest absolute Gasteiger partial charge is 0.244 e. The van der Waals surface area contributed by atoms with Crippen molar-refractivity contribution < 1.29 is 22.7 Å². The van der Waals surface area contributed by atoms with E-state index >= 15 is 0 Å². The Morgan fingerprint density at radius 1 is 0.927 bits per heavy atom. The van der Waals surface area contributed by atoms with E-state index in [4.69, 9.17) is 4.74 Å². The minimum absolute atomic E-state index is 0.143. The van der Waals surface area contributed by atoms with Crippen molar-refractivity contribution in [3.05, 3.63) is 95.6 Å². The second kappa shape index (κ2) is 15.2. The van der Waals surface area contributed by atoms with Crippen LogP contribution in [-0.4, -0.2) is 57.1 Å². The third-order valence-corrected chi connectivity index (χ3v) is 7.78. The standard InChI is InChI=1S/C32H41N3O5S/c1-5-7-20-33-32(37)29(22-26-15-9-8-10-16-26)34(23-27-17-13-14-25(3)21-27)31(36)24-35(41(4,38)39)28-18-11-12-19-30(28)40-6-2/h8-19,21,29H,5-7,20,22-24H2,1-4H3,(H,33,37). The summed E-state index contributed by atoms with van der Waals surface area (Å²) in [5, 5.41) is 2.99. The van der Waals surface area contributed by atoms with Crippen molar-refractivity contribution in [3.8, 4) is 5.75 Å². The average molecular weight is 580 g/mol. The van der Waals surface area contributed by atoms with Crippen LogP contribution in [-0.2, 0) is 32.6 Å². The molecule has 0 saturated carbocycles. The van der Waals surface area contributed by atoms with Crippen LogP contribution in [0.3, 0.4) is 0 Å². The fourth-order valence-electron chi connectivity index (χ4n) is 4.60. The molecule has 0 fully saturated rings. The summed E-state index contributed by atoms with van der Waals surface area (Å²) in [5.74, 6) is -0.407. The first-order valence-electron chi connectivity index (χ1n) is 14.0. The molecule has 0 aliphatic heterocycles. The molecule has 0 saturated heterocycles. The maximum atomic E-state index is 14.2. The van der Waals surface area contributed by atoms with E-state index in [9.17, 15) is 18.0 Å². The van der Waals surface area contributed by atoms with Gasteiger partial charge in [-0.05, 0) is 43.5 Å². The molecule has 0 aromatic heterocycles. The van der Waals surface area contributed by atoms with E-state index in [0.29, 0.717) is 18.9 Å². The molecule has 8 nitrogen and oxygen atoms in total. The Hall–Kier alpha value is -3.85. The second-order valence-corrected chi connectivity index (χ2v) is 11.9. The molecular formula is C32H41N3O5S. The molecule has 1 N–H and O–H groups in total. The monoisotopic (exact) mass is 579 g/mol. The first kappa shape index (κ1) is 31.7. The third-order valence-electron chi connectivity index (χ3n) is 6.65. The topological polar surface area (TPSA) is 96.0 Å². The molecule has 2 amide bonds. The highest BCUT2D eigenvalue weighted by Gasteiger charge is 2.33. The number of hydrogen-bond donors (Lipinski definition) is 1. The molecule has 9 heteroatoms. The van der Waals surface area contributed by atoms with Crippen LogP contribution in [0, 0.1) is 6.92 Å². The molecule has 0 radical (unpaired) electrons. The Morgan fingerprint density at radius 3 is 2.27 bits per heavy atom. The van der Waals surface area contributed by atoms with E-state index in [-0.39, 0.29) is 24.6 Å². The van der Waals surface area contributed by atoms with Crippen LogP contribution in [0.25, 0.3) is 0 Å². The van der Waals surface area contributed by atoms with Crippen molar-refractivity contribution in [1.29, 1.82) is 0 Å². The van der Waals surface area contributed by atoms with Crippen LogP contribution < -0.4 is 14.4 Å². The molecule has 0 bridgehead atoms. The van der Waals surface area contributed by atoms with E-state index in [1.807, 2.05) is 75.4 Å². The Labute approximate surface area is 244 Å². The maximum absolute atomic E-state index is 14.2. The van der Waals surface area contributed by atoms with E-state index in [0.717, 1.165) is 40.1 Å². The number of aryl methyl sites for hydroxylation is 1. The van der Waals surface area contributed by atoms with Gasteiger partial charge in [-0.2, -0.15) is 0 Å². The Balaban J connectivity index is 2.06. The fourth-order valence-corrected chi connectivity index (χ4v) is 5.46. The summed E-state index contributed by atoms with van der Waals surface area (Å²) < 4.78 is 32.8. The number of carbonyl (C=O) groups excluding carboxylic acids is 2. The van der Waals surface area contributed by atoms with Crippen LogP contribution in [0.15, 0.2) is 78.9 Å². The van der Waals surface area contributed by atoms with E-state index in [2.05, 4.69) is 5.32 Å². The first-order valence-corrected chi connectivity index (χ1v) is 15.8. The number of unbranched alkanes of at least 4 members (excludes halogenated alkanes) is 1. The predicted molar refractivity (Wildman–Crippen MR) is 163 cm³/mol. The largest absolute Gasteiger partial charge is 0.492 e. The van der Waals surface area contributed by atoms with Gasteiger partial charge in [0, 0.05) is 19.5 Å². The van der Waals surface area contributed by atoms with Crippen LogP contribution in [0.1, 0.15) is 43.4 Å². The van der Waals surface area contributed by atoms with Crippen LogP contribution >= 0.6 is 0 Å². The highest BCUT2D eigenvalue weighted by molar-refractivity contribution is 7.92. The quantitative estimate of drug-likeness (QED) is 0.263. The molecule has 220 valence electrons. The number of sulfonamides is 1. The van der Waals surface area contributed by atoms with Gasteiger partial charge in [-0.15, -0.1) is 0 Å². The minimum atomic E-state index is -3.88. The van der Waals surface area contributed by atoms with Gasteiger partial charge in [-0.25, -0.2) is 8.42 Å². The minimum Gasteiger partial charge on any atom is -0.492 e. The molecule has 3 rings (SSSR count). The van der Waals surface area contributed by atoms with Gasteiger partial charge in [0.1, 0.15) is 18.3 Å². The van der Waals surface area contributed by atoms with Gasteiger partial charge >= 0.3 is 0 Å². The summed E-state index contributed by atoms with van der Waals surface area (Å²) in [6, 6.07) is 23.1. The Bertz CT molecular complexity index is 1400. The van der Waals surface area contributed by atoms with Gasteiger partial charge in [0.05, 0.1) is 18.6 Å². The van der Waals surface area contributed by atoms with Gasteiger partial charge in [-0.1, -0.05) is 85.6 Å². The highest BCUT2D eigenvalue weighted by Crippen LogP contribution is 2.30. The first-order chi connectivity index (χ1) is 19.6. The normalized spacial score (nSPS) is 11.9. The number of hydrogen-bond acceptors (Lipinski definition) is 5. The van der Waals surface area contributed by atoms with Crippen molar-refractivity contribution in [2.24, 2.45) is 0 Å². The van der Waals surface area contributed by atoms with Crippen molar-refractivity contribution >= 4 is 27.5 Å². The summed E-state index contributed by atoms with van der Waals surface area (Å²) in [6.07, 6.45) is 3.07. The highest BCUT2D eigenvalue weighted by atomic mass is 32.2. The van der Waals surface area contributed by atoms with Crippen LogP contribution in [0.4, 0.5) is 5.69 Å². The number of anilines is 1. The lowest BCUT2D eigenvalue weighted by Crippen LogP contribution is -2.53. The SMILES string of the molecule is CCCCNC(=O)C(Cc1ccccc1)N(Cc1cccc(C)c1)C(=O)CN(c1ccccc1OCC)S(C)(=O)=O. The molecule has 0 aliphatic carbocycles. The summed E-state index contributed by atoms with van der Waals surface area (Å²) in [5.41, 5.74) is 3.03. The average Bonchev–Trinajstić information content (AvgIpc) is 2.94. The zero-order valence-corrected chi connectivity index (χ0v) is 25.2. The fraction of sp³-hybridized carbons (Fsp3) is 0.375. The van der Waals surface area contributed by atoms with Crippen LogP contribution in [0.2, 0.25) is 0 Å². The van der Waals surface area contributed by atoms with Crippen molar-refractivity contribution in [2.45, 2.75) is 52.6 Å². The van der Waals surface area contributed by atoms with Crippen molar-refractivity contribution in [3.63, 3.8) is 0 Å². The summed E-state index contributed by atoms with van der Waals surface area (Å²) in [7, 11) is -3.88.